The van der Waals surface area contributed by atoms with E-state index in [1.165, 1.54) is 0 Å². The third kappa shape index (κ3) is 3.33. The highest BCUT2D eigenvalue weighted by Crippen LogP contribution is 2.12. The van der Waals surface area contributed by atoms with Gasteiger partial charge in [0.05, 0.1) is 6.61 Å². The highest BCUT2D eigenvalue weighted by atomic mass is 16.5. The summed E-state index contributed by atoms with van der Waals surface area (Å²) in [7, 11) is 1.62. The lowest BCUT2D eigenvalue weighted by Crippen LogP contribution is -2.24. The molecule has 0 heterocycles. The normalized spacial score (nSPS) is 12.7. The molecule has 1 aromatic rings. The van der Waals surface area contributed by atoms with Crippen molar-refractivity contribution >= 4 is 5.69 Å². The van der Waals surface area contributed by atoms with Gasteiger partial charge in [0.1, 0.15) is 6.23 Å². The Morgan fingerprint density at radius 1 is 1.57 bits per heavy atom. The van der Waals surface area contributed by atoms with E-state index < -0.39 is 6.23 Å². The molecule has 0 saturated heterocycles. The Labute approximate surface area is 83.7 Å². The summed E-state index contributed by atoms with van der Waals surface area (Å²) in [5.74, 6) is 0. The van der Waals surface area contributed by atoms with Crippen molar-refractivity contribution < 1.29 is 9.84 Å². The molecule has 1 aromatic carbocycles. The lowest BCUT2D eigenvalue weighted by molar-refractivity contribution is 0.119. The maximum absolute atomic E-state index is 9.65. The van der Waals surface area contributed by atoms with Crippen molar-refractivity contribution in [2.75, 3.05) is 26.0 Å². The van der Waals surface area contributed by atoms with Gasteiger partial charge in [-0.05, 0) is 17.7 Å². The highest BCUT2D eigenvalue weighted by molar-refractivity contribution is 5.41. The second kappa shape index (κ2) is 5.59. The summed E-state index contributed by atoms with van der Waals surface area (Å²) in [6.07, 6.45) is -0.686. The van der Waals surface area contributed by atoms with Gasteiger partial charge >= 0.3 is 0 Å². The van der Waals surface area contributed by atoms with E-state index in [2.05, 4.69) is 5.32 Å². The molecule has 14 heavy (non-hydrogen) atoms. The summed E-state index contributed by atoms with van der Waals surface area (Å²) in [6.45, 7) is 1.17. The summed E-state index contributed by atoms with van der Waals surface area (Å²) in [6, 6.07) is 7.16. The molecule has 0 aliphatic heterocycles. The molecule has 0 amide bonds. The fraction of sp³-hybridized carbons (Fsp3) is 0.400. The molecule has 0 bridgehead atoms. The zero-order chi connectivity index (χ0) is 10.4. The molecule has 0 aliphatic carbocycles. The van der Waals surface area contributed by atoms with Gasteiger partial charge in [-0.1, -0.05) is 12.1 Å². The van der Waals surface area contributed by atoms with Crippen molar-refractivity contribution in [3.05, 3.63) is 29.8 Å². The van der Waals surface area contributed by atoms with Crippen LogP contribution in [0.25, 0.3) is 0 Å². The Balaban J connectivity index is 2.47. The minimum Gasteiger partial charge on any atom is -0.399 e. The van der Waals surface area contributed by atoms with Crippen LogP contribution in [0.4, 0.5) is 5.69 Å². The van der Waals surface area contributed by atoms with Gasteiger partial charge in [0.25, 0.3) is 0 Å². The molecule has 0 radical (unpaired) electrons. The molecule has 4 heteroatoms. The van der Waals surface area contributed by atoms with Crippen LogP contribution < -0.4 is 11.1 Å². The summed E-state index contributed by atoms with van der Waals surface area (Å²) in [5, 5.41) is 12.6. The first kappa shape index (κ1) is 11.0. The predicted octanol–water partition coefficient (Wildman–Crippen LogP) is 0.496. The van der Waals surface area contributed by atoms with E-state index in [0.29, 0.717) is 18.8 Å². The van der Waals surface area contributed by atoms with Crippen LogP contribution in [0.3, 0.4) is 0 Å². The molecular formula is C10H16N2O2. The second-order valence-corrected chi connectivity index (χ2v) is 3.02. The van der Waals surface area contributed by atoms with Gasteiger partial charge in [-0.2, -0.15) is 0 Å². The molecule has 1 atom stereocenters. The molecular weight excluding hydrogens is 180 g/mol. The van der Waals surface area contributed by atoms with Gasteiger partial charge in [0, 0.05) is 19.3 Å². The minimum absolute atomic E-state index is 0.569. The number of nitrogens with two attached hydrogens (primary N) is 1. The second-order valence-electron chi connectivity index (χ2n) is 3.02. The van der Waals surface area contributed by atoms with Crippen molar-refractivity contribution in [1.29, 1.82) is 0 Å². The Morgan fingerprint density at radius 3 is 3.00 bits per heavy atom. The van der Waals surface area contributed by atoms with E-state index in [4.69, 9.17) is 10.5 Å². The molecule has 0 fully saturated rings. The third-order valence-electron chi connectivity index (χ3n) is 1.87. The SMILES string of the molecule is COCCNC(O)c1cccc(N)c1. The molecule has 4 N–H and O–H groups in total. The Hall–Kier alpha value is -1.10. The first-order chi connectivity index (χ1) is 6.74. The fourth-order valence-corrected chi connectivity index (χ4v) is 1.14. The topological polar surface area (TPSA) is 67.5 Å². The number of nitrogen functional groups attached to an aromatic ring is 1. The maximum atomic E-state index is 9.65. The van der Waals surface area contributed by atoms with Gasteiger partial charge in [-0.25, -0.2) is 0 Å². The molecule has 1 unspecified atom stereocenters. The zero-order valence-electron chi connectivity index (χ0n) is 8.23. The van der Waals surface area contributed by atoms with Gasteiger partial charge in [0.15, 0.2) is 0 Å². The Bertz CT molecular complexity index is 279. The predicted molar refractivity (Wildman–Crippen MR) is 55.7 cm³/mol. The Kier molecular flexibility index (Phi) is 4.39. The number of nitrogens with one attached hydrogen (secondary N) is 1. The van der Waals surface area contributed by atoms with Gasteiger partial charge in [-0.15, -0.1) is 0 Å². The lowest BCUT2D eigenvalue weighted by atomic mass is 10.2. The molecule has 78 valence electrons. The number of ether oxygens (including phenoxy) is 1. The van der Waals surface area contributed by atoms with Crippen molar-refractivity contribution in [3.63, 3.8) is 0 Å². The first-order valence-corrected chi connectivity index (χ1v) is 4.50. The quantitative estimate of drug-likeness (QED) is 0.364. The largest absolute Gasteiger partial charge is 0.399 e. The van der Waals surface area contributed by atoms with Crippen molar-refractivity contribution in [1.82, 2.24) is 5.32 Å². The van der Waals surface area contributed by atoms with Gasteiger partial charge < -0.3 is 15.6 Å². The monoisotopic (exact) mass is 196 g/mol. The molecule has 0 aromatic heterocycles. The fourth-order valence-electron chi connectivity index (χ4n) is 1.14. The van der Waals surface area contributed by atoms with E-state index in [1.807, 2.05) is 12.1 Å². The van der Waals surface area contributed by atoms with Gasteiger partial charge in [-0.3, -0.25) is 5.32 Å². The van der Waals surface area contributed by atoms with E-state index in [-0.39, 0.29) is 0 Å². The molecule has 0 spiro atoms. The van der Waals surface area contributed by atoms with Gasteiger partial charge in [0.2, 0.25) is 0 Å². The minimum atomic E-state index is -0.686. The van der Waals surface area contributed by atoms with E-state index in [1.54, 1.807) is 19.2 Å². The summed E-state index contributed by atoms with van der Waals surface area (Å²) < 4.78 is 4.85. The van der Waals surface area contributed by atoms with Crippen LogP contribution in [-0.2, 0) is 4.74 Å². The first-order valence-electron chi connectivity index (χ1n) is 4.50. The number of hydrogen-bond acceptors (Lipinski definition) is 4. The average Bonchev–Trinajstić information content (AvgIpc) is 2.18. The molecule has 1 rings (SSSR count). The van der Waals surface area contributed by atoms with Crippen molar-refractivity contribution in [2.24, 2.45) is 0 Å². The zero-order valence-corrected chi connectivity index (χ0v) is 8.23. The number of methoxy groups -OCH3 is 1. The molecule has 0 saturated carbocycles. The number of anilines is 1. The standard InChI is InChI=1S/C10H16N2O2/c1-14-6-5-12-10(13)8-3-2-4-9(11)7-8/h2-4,7,10,12-13H,5-6,11H2,1H3. The molecule has 0 aliphatic rings. The van der Waals surface area contributed by atoms with Crippen LogP contribution in [0.15, 0.2) is 24.3 Å². The van der Waals surface area contributed by atoms with Crippen LogP contribution in [-0.4, -0.2) is 25.4 Å². The summed E-state index contributed by atoms with van der Waals surface area (Å²) in [4.78, 5) is 0. The Morgan fingerprint density at radius 2 is 2.36 bits per heavy atom. The van der Waals surface area contributed by atoms with Crippen LogP contribution in [0.1, 0.15) is 11.8 Å². The third-order valence-corrected chi connectivity index (χ3v) is 1.87. The summed E-state index contributed by atoms with van der Waals surface area (Å²) >= 11 is 0. The number of aliphatic hydroxyl groups is 1. The lowest BCUT2D eigenvalue weighted by Gasteiger charge is -2.12. The maximum Gasteiger partial charge on any atom is 0.131 e. The van der Waals surface area contributed by atoms with E-state index in [0.717, 1.165) is 5.56 Å². The smallest absolute Gasteiger partial charge is 0.131 e. The van der Waals surface area contributed by atoms with Crippen LogP contribution in [0.2, 0.25) is 0 Å². The van der Waals surface area contributed by atoms with Crippen molar-refractivity contribution in [2.45, 2.75) is 6.23 Å². The number of aliphatic hydroxyl groups excluding tert-OH is 1. The number of rotatable bonds is 5. The average molecular weight is 196 g/mol. The molecule has 4 nitrogen and oxygen atoms in total. The van der Waals surface area contributed by atoms with Crippen LogP contribution in [0, 0.1) is 0 Å². The van der Waals surface area contributed by atoms with Crippen LogP contribution in [0.5, 0.6) is 0 Å². The highest BCUT2D eigenvalue weighted by Gasteiger charge is 2.05. The van der Waals surface area contributed by atoms with E-state index in [9.17, 15) is 5.11 Å². The number of hydrogen-bond donors (Lipinski definition) is 3. The van der Waals surface area contributed by atoms with E-state index >= 15 is 0 Å². The number of benzene rings is 1. The van der Waals surface area contributed by atoms with Crippen molar-refractivity contribution in [3.8, 4) is 0 Å². The van der Waals surface area contributed by atoms with Crippen LogP contribution >= 0.6 is 0 Å². The summed E-state index contributed by atoms with van der Waals surface area (Å²) in [5.41, 5.74) is 7.00.